The van der Waals surface area contributed by atoms with Crippen molar-refractivity contribution >= 4 is 12.0 Å². The van der Waals surface area contributed by atoms with Crippen LogP contribution >= 0.6 is 0 Å². The molecule has 158 valence electrons. The molecule has 32 heavy (non-hydrogen) atoms. The third-order valence-electron chi connectivity index (χ3n) is 5.76. The molecule has 5 nitrogen and oxygen atoms in total. The number of hydrogen-bond acceptors (Lipinski definition) is 3. The fraction of sp³-hybridized carbons (Fsp3) is 0.148. The van der Waals surface area contributed by atoms with Crippen molar-refractivity contribution in [3.63, 3.8) is 0 Å². The molecule has 0 atom stereocenters. The van der Waals surface area contributed by atoms with Crippen LogP contribution in [0.2, 0.25) is 0 Å². The van der Waals surface area contributed by atoms with Gasteiger partial charge in [0.25, 0.3) is 0 Å². The maximum Gasteiger partial charge on any atom is 0.246 e. The normalized spacial score (nSPS) is 13.3. The lowest BCUT2D eigenvalue weighted by atomic mass is 10.00. The number of carbonyl (C=O) groups is 1. The Labute approximate surface area is 187 Å². The van der Waals surface area contributed by atoms with Gasteiger partial charge in [0.05, 0.1) is 6.54 Å². The molecular formula is C27H24N4O. The zero-order valence-electron chi connectivity index (χ0n) is 17.8. The number of hydrogen-bond donors (Lipinski definition) is 0. The van der Waals surface area contributed by atoms with Crippen LogP contribution in [0.15, 0.2) is 91.4 Å². The van der Waals surface area contributed by atoms with E-state index in [0.717, 1.165) is 29.8 Å². The third kappa shape index (κ3) is 4.37. The van der Waals surface area contributed by atoms with E-state index in [0.29, 0.717) is 13.1 Å². The molecule has 3 heterocycles. The largest absolute Gasteiger partial charge is 0.334 e. The molecule has 1 aliphatic rings. The Balaban J connectivity index is 1.39. The molecule has 2 aromatic heterocycles. The number of carbonyl (C=O) groups excluding carboxylic acids is 1. The molecule has 5 heteroatoms. The Morgan fingerprint density at radius 2 is 1.78 bits per heavy atom. The third-order valence-corrected chi connectivity index (χ3v) is 5.76. The predicted octanol–water partition coefficient (Wildman–Crippen LogP) is 4.59. The van der Waals surface area contributed by atoms with Gasteiger partial charge in [-0.05, 0) is 41.3 Å². The van der Waals surface area contributed by atoms with Crippen molar-refractivity contribution in [1.29, 1.82) is 0 Å². The van der Waals surface area contributed by atoms with E-state index in [1.165, 1.54) is 16.7 Å². The van der Waals surface area contributed by atoms with E-state index in [2.05, 4.69) is 35.3 Å². The van der Waals surface area contributed by atoms with Crippen molar-refractivity contribution in [3.8, 4) is 11.3 Å². The molecule has 5 rings (SSSR count). The van der Waals surface area contributed by atoms with Gasteiger partial charge in [0.1, 0.15) is 5.69 Å². The number of aromatic nitrogens is 3. The van der Waals surface area contributed by atoms with Crippen molar-refractivity contribution in [1.82, 2.24) is 19.7 Å². The monoisotopic (exact) mass is 420 g/mol. The minimum atomic E-state index is 0.0208. The SMILES string of the molecule is O=C(/C=C/c1cn(Cc2ccccc2)nc1-c1cccnc1)N1CCc2ccccc2C1. The highest BCUT2D eigenvalue weighted by Crippen LogP contribution is 2.24. The highest BCUT2D eigenvalue weighted by Gasteiger charge is 2.19. The molecule has 0 saturated heterocycles. The highest BCUT2D eigenvalue weighted by atomic mass is 16.2. The summed E-state index contributed by atoms with van der Waals surface area (Å²) < 4.78 is 1.92. The molecule has 0 radical (unpaired) electrons. The first-order chi connectivity index (χ1) is 15.8. The van der Waals surface area contributed by atoms with Crippen molar-refractivity contribution in [2.45, 2.75) is 19.5 Å². The van der Waals surface area contributed by atoms with Crippen LogP contribution in [0.25, 0.3) is 17.3 Å². The lowest BCUT2D eigenvalue weighted by Gasteiger charge is -2.27. The van der Waals surface area contributed by atoms with E-state index >= 15 is 0 Å². The van der Waals surface area contributed by atoms with Gasteiger partial charge in [0, 0.05) is 48.9 Å². The number of fused-ring (bicyclic) bond motifs is 1. The first kappa shape index (κ1) is 19.9. The van der Waals surface area contributed by atoms with E-state index in [4.69, 9.17) is 5.10 Å². The number of rotatable bonds is 5. The van der Waals surface area contributed by atoms with Crippen LogP contribution in [0.3, 0.4) is 0 Å². The van der Waals surface area contributed by atoms with Crippen LogP contribution in [-0.2, 0) is 24.3 Å². The molecule has 2 aromatic carbocycles. The first-order valence-electron chi connectivity index (χ1n) is 10.8. The standard InChI is InChI=1S/C27H24N4O/c32-26(30-16-14-22-9-4-5-10-24(22)19-30)13-12-25-20-31(18-21-7-2-1-3-8-21)29-27(25)23-11-6-15-28-17-23/h1-13,15,17,20H,14,16,18-19H2/b13-12+. The lowest BCUT2D eigenvalue weighted by Crippen LogP contribution is -2.34. The second-order valence-corrected chi connectivity index (χ2v) is 7.97. The summed E-state index contributed by atoms with van der Waals surface area (Å²) >= 11 is 0. The molecule has 1 aliphatic heterocycles. The Bertz CT molecular complexity index is 1250. The topological polar surface area (TPSA) is 51.0 Å². The Morgan fingerprint density at radius 1 is 0.969 bits per heavy atom. The van der Waals surface area contributed by atoms with Crippen LogP contribution in [0, 0.1) is 0 Å². The predicted molar refractivity (Wildman–Crippen MR) is 126 cm³/mol. The van der Waals surface area contributed by atoms with Crippen molar-refractivity contribution in [2.75, 3.05) is 6.54 Å². The second kappa shape index (κ2) is 9.02. The van der Waals surface area contributed by atoms with Crippen LogP contribution in [0.1, 0.15) is 22.3 Å². The van der Waals surface area contributed by atoms with Gasteiger partial charge in [-0.2, -0.15) is 5.10 Å². The molecular weight excluding hydrogens is 396 g/mol. The zero-order valence-corrected chi connectivity index (χ0v) is 17.8. The van der Waals surface area contributed by atoms with E-state index < -0.39 is 0 Å². The van der Waals surface area contributed by atoms with Gasteiger partial charge >= 0.3 is 0 Å². The summed E-state index contributed by atoms with van der Waals surface area (Å²) in [7, 11) is 0. The number of amides is 1. The van der Waals surface area contributed by atoms with E-state index in [1.54, 1.807) is 18.5 Å². The molecule has 1 amide bonds. The average Bonchev–Trinajstić information content (AvgIpc) is 3.26. The van der Waals surface area contributed by atoms with Crippen molar-refractivity contribution < 1.29 is 4.79 Å². The molecule has 0 aliphatic carbocycles. The molecule has 0 saturated carbocycles. The maximum atomic E-state index is 12.9. The summed E-state index contributed by atoms with van der Waals surface area (Å²) in [6, 6.07) is 22.4. The quantitative estimate of drug-likeness (QED) is 0.444. The summed E-state index contributed by atoms with van der Waals surface area (Å²) in [5.74, 6) is 0.0208. The van der Waals surface area contributed by atoms with Gasteiger partial charge in [-0.15, -0.1) is 0 Å². The fourth-order valence-electron chi connectivity index (χ4n) is 4.09. The van der Waals surface area contributed by atoms with Crippen LogP contribution < -0.4 is 0 Å². The molecule has 0 unspecified atom stereocenters. The smallest absolute Gasteiger partial charge is 0.246 e. The highest BCUT2D eigenvalue weighted by molar-refractivity contribution is 5.93. The number of nitrogens with zero attached hydrogens (tertiary/aromatic N) is 4. The summed E-state index contributed by atoms with van der Waals surface area (Å²) in [4.78, 5) is 19.1. The van der Waals surface area contributed by atoms with Gasteiger partial charge in [-0.1, -0.05) is 54.6 Å². The molecule has 0 fully saturated rings. The number of benzene rings is 2. The van der Waals surface area contributed by atoms with E-state index in [9.17, 15) is 4.79 Å². The molecule has 0 spiro atoms. The Hall–Kier alpha value is -3.99. The maximum absolute atomic E-state index is 12.9. The van der Waals surface area contributed by atoms with Gasteiger partial charge in [0.15, 0.2) is 0 Å². The van der Waals surface area contributed by atoms with Crippen molar-refractivity contribution in [3.05, 3.63) is 114 Å². The summed E-state index contributed by atoms with van der Waals surface area (Å²) in [5.41, 5.74) is 6.39. The van der Waals surface area contributed by atoms with Crippen LogP contribution in [-0.4, -0.2) is 32.1 Å². The van der Waals surface area contributed by atoms with Gasteiger partial charge in [-0.3, -0.25) is 14.5 Å². The second-order valence-electron chi connectivity index (χ2n) is 7.97. The van der Waals surface area contributed by atoms with E-state index in [1.807, 2.05) is 58.3 Å². The van der Waals surface area contributed by atoms with Crippen LogP contribution in [0.4, 0.5) is 0 Å². The summed E-state index contributed by atoms with van der Waals surface area (Å²) in [5, 5.41) is 4.80. The van der Waals surface area contributed by atoms with Gasteiger partial charge in [-0.25, -0.2) is 0 Å². The molecule has 0 bridgehead atoms. The van der Waals surface area contributed by atoms with Gasteiger partial charge in [0.2, 0.25) is 5.91 Å². The Morgan fingerprint density at radius 3 is 2.59 bits per heavy atom. The minimum absolute atomic E-state index is 0.0208. The average molecular weight is 421 g/mol. The van der Waals surface area contributed by atoms with Crippen molar-refractivity contribution in [2.24, 2.45) is 0 Å². The minimum Gasteiger partial charge on any atom is -0.334 e. The first-order valence-corrected chi connectivity index (χ1v) is 10.8. The molecule has 4 aromatic rings. The summed E-state index contributed by atoms with van der Waals surface area (Å²) in [6.45, 7) is 2.06. The van der Waals surface area contributed by atoms with Crippen LogP contribution in [0.5, 0.6) is 0 Å². The van der Waals surface area contributed by atoms with E-state index in [-0.39, 0.29) is 5.91 Å². The fourth-order valence-corrected chi connectivity index (χ4v) is 4.09. The summed E-state index contributed by atoms with van der Waals surface area (Å²) in [6.07, 6.45) is 9.97. The molecule has 0 N–H and O–H groups in total. The number of pyridine rings is 1. The lowest BCUT2D eigenvalue weighted by molar-refractivity contribution is -0.126. The zero-order chi connectivity index (χ0) is 21.8. The Kier molecular flexibility index (Phi) is 5.62. The van der Waals surface area contributed by atoms with Gasteiger partial charge < -0.3 is 4.90 Å².